The van der Waals surface area contributed by atoms with Crippen LogP contribution in [0.3, 0.4) is 0 Å². The van der Waals surface area contributed by atoms with Crippen LogP contribution >= 0.6 is 11.8 Å². The van der Waals surface area contributed by atoms with Crippen LogP contribution in [0.5, 0.6) is 0 Å². The van der Waals surface area contributed by atoms with Crippen molar-refractivity contribution in [2.24, 2.45) is 0 Å². The van der Waals surface area contributed by atoms with Crippen LogP contribution in [0.15, 0.2) is 53.7 Å². The predicted molar refractivity (Wildman–Crippen MR) is 123 cm³/mol. The van der Waals surface area contributed by atoms with E-state index in [2.05, 4.69) is 34.2 Å². The number of hydrogen-bond donors (Lipinski definition) is 1. The Morgan fingerprint density at radius 1 is 1.17 bits per heavy atom. The first-order valence-corrected chi connectivity index (χ1v) is 11.1. The van der Waals surface area contributed by atoms with Crippen molar-refractivity contribution in [3.05, 3.63) is 70.9 Å². The predicted octanol–water partition coefficient (Wildman–Crippen LogP) is 5.89. The Labute approximate surface area is 180 Å². The zero-order valence-electron chi connectivity index (χ0n) is 17.2. The summed E-state index contributed by atoms with van der Waals surface area (Å²) in [6.45, 7) is 4.07. The number of Topliss-reactive ketones (excluding diaryl/α,β-unsaturated/α-hetero) is 1. The van der Waals surface area contributed by atoms with Gasteiger partial charge in [-0.2, -0.15) is 5.26 Å². The third-order valence-corrected chi connectivity index (χ3v) is 6.37. The number of nitrogens with one attached hydrogen (secondary N) is 1. The number of aromatic amines is 1. The standard InChI is InChI=1S/C25H23N3OS/c1-16-10-17(2)22-12-19(13-26)25(28-24(22)11-16)30-15-20(29)7-5-6-18-14-27-23-9-4-3-8-21(18)23/h3-4,8-12,14,27H,5-7,15H2,1-2H3. The molecule has 0 amide bonds. The average Bonchev–Trinajstić information content (AvgIpc) is 3.15. The van der Waals surface area contributed by atoms with E-state index in [1.165, 1.54) is 22.7 Å². The first kappa shape index (κ1) is 20.2. The highest BCUT2D eigenvalue weighted by atomic mass is 32.2. The second-order valence-electron chi connectivity index (χ2n) is 7.64. The van der Waals surface area contributed by atoms with Gasteiger partial charge in [-0.25, -0.2) is 4.98 Å². The van der Waals surface area contributed by atoms with Crippen molar-refractivity contribution >= 4 is 39.4 Å². The lowest BCUT2D eigenvalue weighted by molar-refractivity contribution is -0.116. The molecule has 150 valence electrons. The summed E-state index contributed by atoms with van der Waals surface area (Å²) >= 11 is 1.37. The van der Waals surface area contributed by atoms with E-state index in [0.29, 0.717) is 22.8 Å². The highest BCUT2D eigenvalue weighted by Gasteiger charge is 2.12. The molecular formula is C25H23N3OS. The lowest BCUT2D eigenvalue weighted by Crippen LogP contribution is -2.03. The maximum atomic E-state index is 12.4. The molecule has 1 N–H and O–H groups in total. The minimum absolute atomic E-state index is 0.186. The summed E-state index contributed by atoms with van der Waals surface area (Å²) in [5.74, 6) is 0.525. The highest BCUT2D eigenvalue weighted by Crippen LogP contribution is 2.27. The van der Waals surface area contributed by atoms with E-state index in [-0.39, 0.29) is 5.78 Å². The molecule has 5 heteroatoms. The maximum absolute atomic E-state index is 12.4. The molecule has 2 aromatic carbocycles. The van der Waals surface area contributed by atoms with Crippen molar-refractivity contribution in [3.63, 3.8) is 0 Å². The topological polar surface area (TPSA) is 69.5 Å². The Hall–Kier alpha value is -3.10. The van der Waals surface area contributed by atoms with Crippen LogP contribution in [0.4, 0.5) is 0 Å². The number of rotatable bonds is 7. The van der Waals surface area contributed by atoms with Gasteiger partial charge in [0.25, 0.3) is 0 Å². The molecule has 4 aromatic rings. The molecule has 0 saturated carbocycles. The molecule has 0 unspecified atom stereocenters. The monoisotopic (exact) mass is 413 g/mol. The quantitative estimate of drug-likeness (QED) is 0.384. The summed E-state index contributed by atoms with van der Waals surface area (Å²) < 4.78 is 0. The van der Waals surface area contributed by atoms with E-state index in [1.807, 2.05) is 44.3 Å². The largest absolute Gasteiger partial charge is 0.361 e. The molecule has 2 heterocycles. The molecule has 4 rings (SSSR count). The Morgan fingerprint density at radius 2 is 2.00 bits per heavy atom. The molecule has 0 aliphatic rings. The van der Waals surface area contributed by atoms with E-state index < -0.39 is 0 Å². The number of aromatic nitrogens is 2. The fraction of sp³-hybridized carbons (Fsp3) is 0.240. The van der Waals surface area contributed by atoms with Gasteiger partial charge in [0, 0.05) is 28.9 Å². The van der Waals surface area contributed by atoms with Crippen molar-refractivity contribution < 1.29 is 4.79 Å². The molecule has 0 spiro atoms. The normalized spacial score (nSPS) is 11.1. The lowest BCUT2D eigenvalue weighted by atomic mass is 10.1. The molecule has 0 aliphatic heterocycles. The van der Waals surface area contributed by atoms with Crippen LogP contribution in [0, 0.1) is 25.2 Å². The smallest absolute Gasteiger partial charge is 0.143 e. The molecule has 0 bridgehead atoms. The van der Waals surface area contributed by atoms with E-state index in [0.717, 1.165) is 40.4 Å². The Morgan fingerprint density at radius 3 is 2.83 bits per heavy atom. The van der Waals surface area contributed by atoms with Crippen LogP contribution in [0.2, 0.25) is 0 Å². The molecule has 2 aromatic heterocycles. The van der Waals surface area contributed by atoms with E-state index in [4.69, 9.17) is 0 Å². The minimum Gasteiger partial charge on any atom is -0.361 e. The van der Waals surface area contributed by atoms with E-state index in [9.17, 15) is 10.1 Å². The molecule has 0 saturated heterocycles. The number of carbonyl (C=O) groups excluding carboxylic acids is 1. The van der Waals surface area contributed by atoms with Gasteiger partial charge in [0.1, 0.15) is 16.9 Å². The average molecular weight is 414 g/mol. The van der Waals surface area contributed by atoms with Crippen molar-refractivity contribution in [1.29, 1.82) is 5.26 Å². The number of aryl methyl sites for hydroxylation is 3. The summed E-state index contributed by atoms with van der Waals surface area (Å²) in [5.41, 5.74) is 6.04. The summed E-state index contributed by atoms with van der Waals surface area (Å²) in [5, 5.41) is 12.4. The number of thioether (sulfide) groups is 1. The second-order valence-corrected chi connectivity index (χ2v) is 8.61. The van der Waals surface area contributed by atoms with Crippen LogP contribution in [0.25, 0.3) is 21.8 Å². The Balaban J connectivity index is 1.38. The number of nitriles is 1. The summed E-state index contributed by atoms with van der Waals surface area (Å²) in [4.78, 5) is 20.4. The molecule has 0 atom stereocenters. The van der Waals surface area contributed by atoms with Crippen LogP contribution in [-0.4, -0.2) is 21.5 Å². The van der Waals surface area contributed by atoms with Gasteiger partial charge in [0.15, 0.2) is 0 Å². The highest BCUT2D eigenvalue weighted by molar-refractivity contribution is 8.00. The number of nitrogens with zero attached hydrogens (tertiary/aromatic N) is 2. The van der Waals surface area contributed by atoms with Gasteiger partial charge in [0.2, 0.25) is 0 Å². The maximum Gasteiger partial charge on any atom is 0.143 e. The Bertz CT molecular complexity index is 1280. The van der Waals surface area contributed by atoms with Gasteiger partial charge in [-0.05, 0) is 61.6 Å². The van der Waals surface area contributed by atoms with Crippen LogP contribution in [-0.2, 0) is 11.2 Å². The zero-order valence-corrected chi connectivity index (χ0v) is 18.0. The zero-order chi connectivity index (χ0) is 21.1. The molecule has 30 heavy (non-hydrogen) atoms. The first-order valence-electron chi connectivity index (χ1n) is 10.1. The van der Waals surface area contributed by atoms with Gasteiger partial charge in [-0.1, -0.05) is 36.0 Å². The number of pyridine rings is 1. The van der Waals surface area contributed by atoms with Crippen LogP contribution < -0.4 is 0 Å². The van der Waals surface area contributed by atoms with Gasteiger partial charge in [0.05, 0.1) is 16.8 Å². The molecule has 0 aliphatic carbocycles. The number of ketones is 1. The number of hydrogen-bond acceptors (Lipinski definition) is 4. The van der Waals surface area contributed by atoms with Crippen molar-refractivity contribution in [2.75, 3.05) is 5.75 Å². The van der Waals surface area contributed by atoms with Crippen molar-refractivity contribution in [2.45, 2.75) is 38.1 Å². The van der Waals surface area contributed by atoms with Gasteiger partial charge in [-0.3, -0.25) is 4.79 Å². The van der Waals surface area contributed by atoms with Crippen LogP contribution in [0.1, 0.15) is 35.1 Å². The Kier molecular flexibility index (Phi) is 5.87. The summed E-state index contributed by atoms with van der Waals surface area (Å²) in [7, 11) is 0. The fourth-order valence-electron chi connectivity index (χ4n) is 3.84. The van der Waals surface area contributed by atoms with Crippen molar-refractivity contribution in [3.8, 4) is 6.07 Å². The molecular weight excluding hydrogens is 390 g/mol. The van der Waals surface area contributed by atoms with Gasteiger partial charge >= 0.3 is 0 Å². The van der Waals surface area contributed by atoms with E-state index >= 15 is 0 Å². The second kappa shape index (κ2) is 8.73. The third kappa shape index (κ3) is 4.24. The lowest BCUT2D eigenvalue weighted by Gasteiger charge is -2.08. The van der Waals surface area contributed by atoms with Gasteiger partial charge in [-0.15, -0.1) is 0 Å². The number of benzene rings is 2. The fourth-order valence-corrected chi connectivity index (χ4v) is 4.70. The van der Waals surface area contributed by atoms with Crippen molar-refractivity contribution in [1.82, 2.24) is 9.97 Å². The molecule has 4 nitrogen and oxygen atoms in total. The number of para-hydroxylation sites is 1. The first-order chi connectivity index (χ1) is 14.5. The molecule has 0 fully saturated rings. The SMILES string of the molecule is Cc1cc(C)c2cc(C#N)c(SCC(=O)CCCc3c[nH]c4ccccc34)nc2c1. The number of carbonyl (C=O) groups is 1. The van der Waals surface area contributed by atoms with E-state index in [1.54, 1.807) is 0 Å². The van der Waals surface area contributed by atoms with Gasteiger partial charge < -0.3 is 4.98 Å². The number of H-pyrrole nitrogens is 1. The summed E-state index contributed by atoms with van der Waals surface area (Å²) in [6.07, 6.45) is 4.25. The summed E-state index contributed by atoms with van der Waals surface area (Å²) in [6, 6.07) is 16.5. The minimum atomic E-state index is 0.186. The molecule has 0 radical (unpaired) electrons. The third-order valence-electron chi connectivity index (χ3n) is 5.32. The number of fused-ring (bicyclic) bond motifs is 2.